The lowest BCUT2D eigenvalue weighted by atomic mass is 10.3. The first kappa shape index (κ1) is 18.0. The van der Waals surface area contributed by atoms with E-state index in [1.165, 1.54) is 23.9 Å². The Morgan fingerprint density at radius 3 is 2.74 bits per heavy atom. The van der Waals surface area contributed by atoms with Crippen LogP contribution in [0.3, 0.4) is 0 Å². The molecule has 0 aliphatic heterocycles. The number of hydrogen-bond acceptors (Lipinski definition) is 5. The van der Waals surface area contributed by atoms with E-state index in [1.54, 1.807) is 13.0 Å². The maximum atomic E-state index is 11.5. The maximum absolute atomic E-state index is 11.5. The van der Waals surface area contributed by atoms with Crippen LogP contribution in [0, 0.1) is 0 Å². The monoisotopic (exact) mass is 355 g/mol. The van der Waals surface area contributed by atoms with Crippen molar-refractivity contribution in [3.8, 4) is 0 Å². The van der Waals surface area contributed by atoms with Crippen molar-refractivity contribution in [2.45, 2.75) is 49.7 Å². The molecule has 0 unspecified atom stereocenters. The van der Waals surface area contributed by atoms with Crippen molar-refractivity contribution in [1.29, 1.82) is 0 Å². The van der Waals surface area contributed by atoms with Crippen LogP contribution in [0.25, 0.3) is 11.0 Å². The van der Waals surface area contributed by atoms with Gasteiger partial charge in [-0.2, -0.15) is 0 Å². The van der Waals surface area contributed by atoms with Gasteiger partial charge < -0.3 is 4.57 Å². The molecule has 0 radical (unpaired) electrons. The first-order valence-corrected chi connectivity index (χ1v) is 10.0. The van der Waals surface area contributed by atoms with Crippen LogP contribution in [0.4, 0.5) is 0 Å². The molecule has 0 fully saturated rings. The number of thioether (sulfide) groups is 1. The predicted molar refractivity (Wildman–Crippen MR) is 92.0 cm³/mol. The Bertz CT molecular complexity index is 813. The van der Waals surface area contributed by atoms with E-state index >= 15 is 0 Å². The van der Waals surface area contributed by atoms with Crippen molar-refractivity contribution in [3.05, 3.63) is 18.2 Å². The molecule has 0 aliphatic rings. The number of imidazole rings is 1. The lowest BCUT2D eigenvalue weighted by Gasteiger charge is -2.08. The summed E-state index contributed by atoms with van der Waals surface area (Å²) >= 11 is 1.52. The van der Waals surface area contributed by atoms with Crippen LogP contribution in [-0.4, -0.2) is 29.5 Å². The largest absolute Gasteiger partial charge is 0.319 e. The number of aryl methyl sites for hydroxylation is 1. The average Bonchev–Trinajstić information content (AvgIpc) is 2.80. The summed E-state index contributed by atoms with van der Waals surface area (Å²) in [5.41, 5.74) is 1.49. The lowest BCUT2D eigenvalue weighted by Crippen LogP contribution is -2.11. The van der Waals surface area contributed by atoms with Gasteiger partial charge in [-0.3, -0.25) is 4.79 Å². The highest BCUT2D eigenvalue weighted by atomic mass is 32.2. The Morgan fingerprint density at radius 1 is 1.39 bits per heavy atom. The quantitative estimate of drug-likeness (QED) is 0.734. The number of fused-ring (bicyclic) bond motifs is 1. The summed E-state index contributed by atoms with van der Waals surface area (Å²) in [5, 5.41) is 5.99. The van der Waals surface area contributed by atoms with Crippen molar-refractivity contribution in [2.75, 3.05) is 5.75 Å². The van der Waals surface area contributed by atoms with E-state index in [-0.39, 0.29) is 10.7 Å². The number of nitrogens with two attached hydrogens (primary N) is 1. The maximum Gasteiger partial charge on any atom is 0.238 e. The smallest absolute Gasteiger partial charge is 0.238 e. The van der Waals surface area contributed by atoms with E-state index in [0.717, 1.165) is 30.1 Å². The fraction of sp³-hybridized carbons (Fsp3) is 0.467. The molecule has 8 heteroatoms. The molecule has 126 valence electrons. The van der Waals surface area contributed by atoms with Gasteiger partial charge in [0, 0.05) is 18.7 Å². The zero-order chi connectivity index (χ0) is 17.0. The Hall–Kier alpha value is -1.38. The molecular weight excluding hydrogens is 334 g/mol. The van der Waals surface area contributed by atoms with Gasteiger partial charge in [-0.15, -0.1) is 0 Å². The molecule has 2 aromatic rings. The van der Waals surface area contributed by atoms with Crippen molar-refractivity contribution in [3.63, 3.8) is 0 Å². The highest BCUT2D eigenvalue weighted by molar-refractivity contribution is 7.99. The standard InChI is InChI=1S/C15H21N3O3S2/c1-3-4-8-18-14-6-5-12(23(16,20)21)10-13(14)17-15(18)22-9-7-11(2)19/h5-6,10H,3-4,7-9H2,1-2H3,(H2,16,20,21). The number of ketones is 1. The molecule has 6 nitrogen and oxygen atoms in total. The summed E-state index contributed by atoms with van der Waals surface area (Å²) in [6.45, 7) is 4.49. The van der Waals surface area contributed by atoms with Crippen LogP contribution in [0.1, 0.15) is 33.1 Å². The van der Waals surface area contributed by atoms with E-state index in [9.17, 15) is 13.2 Å². The van der Waals surface area contributed by atoms with E-state index < -0.39 is 10.0 Å². The number of carbonyl (C=O) groups excluding carboxylic acids is 1. The number of benzene rings is 1. The molecule has 0 saturated heterocycles. The molecule has 0 saturated carbocycles. The molecule has 1 aromatic carbocycles. The number of hydrogen-bond donors (Lipinski definition) is 1. The van der Waals surface area contributed by atoms with Gasteiger partial charge in [0.05, 0.1) is 15.9 Å². The molecule has 23 heavy (non-hydrogen) atoms. The number of aromatic nitrogens is 2. The first-order valence-electron chi connectivity index (χ1n) is 7.48. The van der Waals surface area contributed by atoms with E-state index in [0.29, 0.717) is 17.7 Å². The summed E-state index contributed by atoms with van der Waals surface area (Å²) in [5.74, 6) is 0.803. The van der Waals surface area contributed by atoms with E-state index in [4.69, 9.17) is 5.14 Å². The van der Waals surface area contributed by atoms with Gasteiger partial charge in [0.15, 0.2) is 5.16 Å². The molecule has 0 bridgehead atoms. The minimum Gasteiger partial charge on any atom is -0.319 e. The summed E-state index contributed by atoms with van der Waals surface area (Å²) in [4.78, 5) is 15.7. The normalized spacial score (nSPS) is 12.0. The third-order valence-corrected chi connectivity index (χ3v) is 5.32. The van der Waals surface area contributed by atoms with Crippen molar-refractivity contribution >= 4 is 38.6 Å². The molecule has 0 spiro atoms. The van der Waals surface area contributed by atoms with E-state index in [1.807, 2.05) is 0 Å². The fourth-order valence-electron chi connectivity index (χ4n) is 2.19. The van der Waals surface area contributed by atoms with Crippen molar-refractivity contribution in [1.82, 2.24) is 9.55 Å². The summed E-state index contributed by atoms with van der Waals surface area (Å²) in [7, 11) is -3.74. The fourth-order valence-corrected chi connectivity index (χ4v) is 3.81. The van der Waals surface area contributed by atoms with Gasteiger partial charge in [-0.1, -0.05) is 25.1 Å². The zero-order valence-electron chi connectivity index (χ0n) is 13.3. The van der Waals surface area contributed by atoms with Crippen LogP contribution in [-0.2, 0) is 21.4 Å². The van der Waals surface area contributed by atoms with Gasteiger partial charge >= 0.3 is 0 Å². The third kappa shape index (κ3) is 4.55. The number of nitrogens with zero attached hydrogens (tertiary/aromatic N) is 2. The average molecular weight is 355 g/mol. The molecule has 1 heterocycles. The highest BCUT2D eigenvalue weighted by Gasteiger charge is 2.15. The third-order valence-electron chi connectivity index (χ3n) is 3.43. The Kier molecular flexibility index (Phi) is 5.83. The number of rotatable bonds is 8. The molecule has 2 N–H and O–H groups in total. The molecule has 0 atom stereocenters. The molecule has 0 amide bonds. The second kappa shape index (κ2) is 7.46. The second-order valence-corrected chi connectivity index (χ2v) is 8.02. The minimum absolute atomic E-state index is 0.0606. The van der Waals surface area contributed by atoms with Crippen LogP contribution in [0.5, 0.6) is 0 Å². The van der Waals surface area contributed by atoms with Crippen LogP contribution in [0.2, 0.25) is 0 Å². The molecule has 0 aliphatic carbocycles. The van der Waals surface area contributed by atoms with Gasteiger partial charge in [0.25, 0.3) is 0 Å². The van der Waals surface area contributed by atoms with Gasteiger partial charge in [-0.05, 0) is 31.5 Å². The van der Waals surface area contributed by atoms with E-state index in [2.05, 4.69) is 16.5 Å². The Balaban J connectivity index is 2.40. The molecule has 2 rings (SSSR count). The molecular formula is C15H21N3O3S2. The number of Topliss-reactive ketones (excluding diaryl/α,β-unsaturated/α-hetero) is 1. The zero-order valence-corrected chi connectivity index (χ0v) is 14.9. The van der Waals surface area contributed by atoms with Crippen molar-refractivity contribution < 1.29 is 13.2 Å². The number of unbranched alkanes of at least 4 members (excludes halogenated alkanes) is 1. The minimum atomic E-state index is -3.74. The van der Waals surface area contributed by atoms with Crippen LogP contribution < -0.4 is 5.14 Å². The van der Waals surface area contributed by atoms with Gasteiger partial charge in [-0.25, -0.2) is 18.5 Å². The second-order valence-electron chi connectivity index (χ2n) is 5.40. The first-order chi connectivity index (χ1) is 10.8. The summed E-state index contributed by atoms with van der Waals surface area (Å²) < 4.78 is 25.1. The topological polar surface area (TPSA) is 95.0 Å². The summed E-state index contributed by atoms with van der Waals surface area (Å²) in [6, 6.07) is 4.75. The summed E-state index contributed by atoms with van der Waals surface area (Å²) in [6.07, 6.45) is 2.54. The Labute approximate surface area is 140 Å². The van der Waals surface area contributed by atoms with Gasteiger partial charge in [0.1, 0.15) is 5.78 Å². The SMILES string of the molecule is CCCCn1c(SCCC(C)=O)nc2cc(S(N)(=O)=O)ccc21. The predicted octanol–water partition coefficient (Wildman–Crippen LogP) is 2.56. The highest BCUT2D eigenvalue weighted by Crippen LogP contribution is 2.27. The van der Waals surface area contributed by atoms with Gasteiger partial charge in [0.2, 0.25) is 10.0 Å². The lowest BCUT2D eigenvalue weighted by molar-refractivity contribution is -0.116. The van der Waals surface area contributed by atoms with Crippen LogP contribution in [0.15, 0.2) is 28.3 Å². The van der Waals surface area contributed by atoms with Crippen LogP contribution >= 0.6 is 11.8 Å². The van der Waals surface area contributed by atoms with Crippen molar-refractivity contribution in [2.24, 2.45) is 5.14 Å². The number of carbonyl (C=O) groups is 1. The molecule has 1 aromatic heterocycles. The Morgan fingerprint density at radius 2 is 2.13 bits per heavy atom. The number of primary sulfonamides is 1. The number of sulfonamides is 1.